The molecule has 0 aliphatic heterocycles. The summed E-state index contributed by atoms with van der Waals surface area (Å²) in [7, 11) is 0. The summed E-state index contributed by atoms with van der Waals surface area (Å²) in [6.45, 7) is 6.78. The van der Waals surface area contributed by atoms with E-state index in [0.717, 1.165) is 38.5 Å². The number of rotatable bonds is 45. The van der Waals surface area contributed by atoms with E-state index < -0.39 is 17.9 Å². The van der Waals surface area contributed by atoms with Crippen molar-refractivity contribution in [2.45, 2.75) is 290 Å². The van der Waals surface area contributed by atoms with Crippen molar-refractivity contribution in [3.05, 3.63) is 36.5 Å². The standard InChI is InChI=1S/3C18H34O2.Eu/c3*1-2-3-4-5-6-7-8-9-10-11-12-13-14-15-16-17-18(19)20;/h3*9-10H,2-8,11-17H2,1H3,(H,19,20);/b3*10-9-;. The molecule has 1 radical (unpaired) electrons. The summed E-state index contributed by atoms with van der Waals surface area (Å²) in [6.07, 6.45) is 63.7. The molecule has 0 fully saturated rings. The van der Waals surface area contributed by atoms with Gasteiger partial charge < -0.3 is 15.3 Å². The number of carbonyl (C=O) groups is 3. The Kier molecular flexibility index (Phi) is 69.6. The second-order valence-electron chi connectivity index (χ2n) is 17.2. The van der Waals surface area contributed by atoms with Crippen molar-refractivity contribution >= 4 is 17.9 Å². The maximum absolute atomic E-state index is 10.3. The van der Waals surface area contributed by atoms with E-state index in [0.29, 0.717) is 19.3 Å². The minimum Gasteiger partial charge on any atom is -0.481 e. The van der Waals surface area contributed by atoms with Crippen LogP contribution in [0.2, 0.25) is 0 Å². The van der Waals surface area contributed by atoms with Crippen LogP contribution in [0.1, 0.15) is 290 Å². The molecule has 0 unspecified atom stereocenters. The van der Waals surface area contributed by atoms with Gasteiger partial charge in [0.2, 0.25) is 0 Å². The quantitative estimate of drug-likeness (QED) is 0.0414. The van der Waals surface area contributed by atoms with E-state index in [1.165, 1.54) is 212 Å². The Labute approximate surface area is 420 Å². The van der Waals surface area contributed by atoms with Crippen LogP contribution in [-0.2, 0) is 14.4 Å². The molecule has 7 heteroatoms. The van der Waals surface area contributed by atoms with Gasteiger partial charge in [0.1, 0.15) is 0 Å². The zero-order valence-electron chi connectivity index (χ0n) is 40.6. The summed E-state index contributed by atoms with van der Waals surface area (Å²) >= 11 is 0. The van der Waals surface area contributed by atoms with Crippen molar-refractivity contribution in [2.75, 3.05) is 0 Å². The Morgan fingerprint density at radius 2 is 0.410 bits per heavy atom. The third kappa shape index (κ3) is 76.9. The molecule has 0 amide bonds. The maximum Gasteiger partial charge on any atom is 0.303 e. The van der Waals surface area contributed by atoms with Gasteiger partial charge in [-0.3, -0.25) is 14.4 Å². The number of unbranched alkanes of at least 4 members (excludes halogenated alkanes) is 33. The van der Waals surface area contributed by atoms with Gasteiger partial charge in [0.25, 0.3) is 0 Å². The number of hydrogen-bond donors (Lipinski definition) is 3. The first kappa shape index (κ1) is 66.8. The Morgan fingerprint density at radius 1 is 0.262 bits per heavy atom. The van der Waals surface area contributed by atoms with Crippen LogP contribution in [-0.4, -0.2) is 33.2 Å². The van der Waals surface area contributed by atoms with Crippen LogP contribution < -0.4 is 0 Å². The minimum absolute atomic E-state index is 0. The van der Waals surface area contributed by atoms with E-state index >= 15 is 0 Å². The Hall–Kier alpha value is -0.786. The fraction of sp³-hybridized carbons (Fsp3) is 0.833. The molecular formula is C54H102EuO6. The summed E-state index contributed by atoms with van der Waals surface area (Å²) in [5, 5.41) is 25.5. The maximum atomic E-state index is 10.3. The molecule has 0 rings (SSSR count). The van der Waals surface area contributed by atoms with Gasteiger partial charge in [0, 0.05) is 68.6 Å². The monoisotopic (exact) mass is 1000 g/mol. The van der Waals surface area contributed by atoms with Crippen LogP contribution in [0, 0.1) is 49.4 Å². The largest absolute Gasteiger partial charge is 0.481 e. The van der Waals surface area contributed by atoms with Crippen LogP contribution in [0.3, 0.4) is 0 Å². The molecule has 3 N–H and O–H groups in total. The first-order valence-corrected chi connectivity index (χ1v) is 25.9. The summed E-state index contributed by atoms with van der Waals surface area (Å²) in [4.78, 5) is 31.0. The van der Waals surface area contributed by atoms with Crippen molar-refractivity contribution < 1.29 is 79.1 Å². The average Bonchev–Trinajstić information content (AvgIpc) is 3.22. The molecule has 0 heterocycles. The molecule has 0 aliphatic rings. The molecule has 0 aromatic carbocycles. The number of carboxylic acid groups (broad SMARTS) is 3. The van der Waals surface area contributed by atoms with E-state index in [1.807, 2.05) is 0 Å². The molecular weight excluding hydrogens is 897 g/mol. The predicted molar refractivity (Wildman–Crippen MR) is 261 cm³/mol. The van der Waals surface area contributed by atoms with Gasteiger partial charge in [-0.25, -0.2) is 0 Å². The first-order chi connectivity index (χ1) is 29.3. The van der Waals surface area contributed by atoms with Crippen LogP contribution in [0.4, 0.5) is 0 Å². The van der Waals surface area contributed by atoms with Crippen molar-refractivity contribution in [1.29, 1.82) is 0 Å². The first-order valence-electron chi connectivity index (χ1n) is 25.9. The second-order valence-corrected chi connectivity index (χ2v) is 17.2. The Bertz CT molecular complexity index is 827. The third-order valence-corrected chi connectivity index (χ3v) is 11.0. The Morgan fingerprint density at radius 3 is 0.574 bits per heavy atom. The number of allylic oxidation sites excluding steroid dienone is 6. The van der Waals surface area contributed by atoms with Gasteiger partial charge in [0.15, 0.2) is 0 Å². The van der Waals surface area contributed by atoms with E-state index in [2.05, 4.69) is 57.2 Å². The smallest absolute Gasteiger partial charge is 0.303 e. The molecule has 0 spiro atoms. The van der Waals surface area contributed by atoms with Crippen LogP contribution >= 0.6 is 0 Å². The predicted octanol–water partition coefficient (Wildman–Crippen LogP) is 18.3. The molecule has 0 saturated carbocycles. The fourth-order valence-corrected chi connectivity index (χ4v) is 7.04. The number of aliphatic carboxylic acids is 3. The number of carboxylic acids is 3. The van der Waals surface area contributed by atoms with Crippen molar-refractivity contribution in [1.82, 2.24) is 0 Å². The third-order valence-electron chi connectivity index (χ3n) is 11.0. The molecule has 0 aliphatic carbocycles. The van der Waals surface area contributed by atoms with Gasteiger partial charge in [-0.15, -0.1) is 0 Å². The second kappa shape index (κ2) is 63.5. The van der Waals surface area contributed by atoms with E-state index in [4.69, 9.17) is 15.3 Å². The molecule has 61 heavy (non-hydrogen) atoms. The molecule has 0 saturated heterocycles. The van der Waals surface area contributed by atoms with Crippen molar-refractivity contribution in [3.8, 4) is 0 Å². The zero-order chi connectivity index (χ0) is 44.7. The van der Waals surface area contributed by atoms with Crippen LogP contribution in [0.15, 0.2) is 36.5 Å². The zero-order valence-corrected chi connectivity index (χ0v) is 43.0. The van der Waals surface area contributed by atoms with E-state index in [1.54, 1.807) is 0 Å². The van der Waals surface area contributed by atoms with Crippen LogP contribution in [0.25, 0.3) is 0 Å². The summed E-state index contributed by atoms with van der Waals surface area (Å²) in [5.74, 6) is -1.99. The fourth-order valence-electron chi connectivity index (χ4n) is 7.04. The minimum atomic E-state index is -0.664. The molecule has 0 aromatic heterocycles. The molecule has 361 valence electrons. The average molecular weight is 999 g/mol. The Balaban J connectivity index is -0.000000396. The molecule has 0 aromatic rings. The summed E-state index contributed by atoms with van der Waals surface area (Å²) in [5.41, 5.74) is 0. The van der Waals surface area contributed by atoms with E-state index in [-0.39, 0.29) is 49.4 Å². The van der Waals surface area contributed by atoms with Gasteiger partial charge in [-0.05, 0) is 96.3 Å². The molecule has 0 bridgehead atoms. The van der Waals surface area contributed by atoms with Crippen molar-refractivity contribution in [3.63, 3.8) is 0 Å². The molecule has 6 nitrogen and oxygen atoms in total. The molecule has 0 atom stereocenters. The SMILES string of the molecule is CCCCCCCC/C=C\CCCCCCCC(=O)O.CCCCCCCC/C=C\CCCCCCCC(=O)O.CCCCCCCC/C=C\CCCCCCCC(=O)O.[Eu]. The summed E-state index contributed by atoms with van der Waals surface area (Å²) < 4.78 is 0. The normalized spacial score (nSPS) is 11.1. The van der Waals surface area contributed by atoms with Gasteiger partial charge in [-0.2, -0.15) is 0 Å². The number of hydrogen-bond acceptors (Lipinski definition) is 3. The van der Waals surface area contributed by atoms with E-state index in [9.17, 15) is 14.4 Å². The van der Waals surface area contributed by atoms with Crippen molar-refractivity contribution in [2.24, 2.45) is 0 Å². The van der Waals surface area contributed by atoms with Gasteiger partial charge >= 0.3 is 17.9 Å². The van der Waals surface area contributed by atoms with Gasteiger partial charge in [0.05, 0.1) is 0 Å². The van der Waals surface area contributed by atoms with Gasteiger partial charge in [-0.1, -0.05) is 211 Å². The van der Waals surface area contributed by atoms with Crippen LogP contribution in [0.5, 0.6) is 0 Å². The summed E-state index contributed by atoms with van der Waals surface area (Å²) in [6, 6.07) is 0. The topological polar surface area (TPSA) is 112 Å².